The second-order valence-electron chi connectivity index (χ2n) is 5.68. The van der Waals surface area contributed by atoms with Crippen LogP contribution in [0.3, 0.4) is 0 Å². The van der Waals surface area contributed by atoms with Crippen LogP contribution in [0, 0.1) is 5.92 Å². The third-order valence-electron chi connectivity index (χ3n) is 4.27. The van der Waals surface area contributed by atoms with Crippen LogP contribution in [0.4, 0.5) is 0 Å². The first-order valence-corrected chi connectivity index (χ1v) is 7.59. The number of hydrogen-bond donors (Lipinski definition) is 2. The Hall–Kier alpha value is -1.84. The van der Waals surface area contributed by atoms with Crippen LogP contribution in [0.1, 0.15) is 36.4 Å². The molecule has 1 aliphatic rings. The average molecular weight is 282 g/mol. The van der Waals surface area contributed by atoms with Gasteiger partial charge in [0.1, 0.15) is 12.4 Å². The van der Waals surface area contributed by atoms with E-state index in [0.717, 1.165) is 5.75 Å². The van der Waals surface area contributed by atoms with Gasteiger partial charge in [0.05, 0.1) is 0 Å². The molecule has 2 aromatic rings. The maximum absolute atomic E-state index is 5.89. The van der Waals surface area contributed by atoms with Crippen LogP contribution in [0.5, 0.6) is 5.75 Å². The van der Waals surface area contributed by atoms with Crippen LogP contribution in [0.15, 0.2) is 54.6 Å². The minimum Gasteiger partial charge on any atom is -0.489 e. The third-order valence-corrected chi connectivity index (χ3v) is 4.27. The predicted octanol–water partition coefficient (Wildman–Crippen LogP) is 3.57. The monoisotopic (exact) mass is 282 g/mol. The van der Waals surface area contributed by atoms with Crippen molar-refractivity contribution in [3.63, 3.8) is 0 Å². The molecule has 1 atom stereocenters. The summed E-state index contributed by atoms with van der Waals surface area (Å²) in [6, 6.07) is 18.7. The average Bonchev–Trinajstić information content (AvgIpc) is 2.50. The highest BCUT2D eigenvalue weighted by Gasteiger charge is 2.27. The molecule has 3 N–H and O–H groups in total. The molecule has 3 heteroatoms. The van der Waals surface area contributed by atoms with E-state index < -0.39 is 0 Å². The van der Waals surface area contributed by atoms with Gasteiger partial charge < -0.3 is 4.74 Å². The SMILES string of the molecule is NNC(c1cccc(OCc2ccccc2)c1)C1CCC1. The molecule has 1 aliphatic carbocycles. The molecular formula is C18H22N2O. The Morgan fingerprint density at radius 2 is 1.90 bits per heavy atom. The van der Waals surface area contributed by atoms with Crippen LogP contribution in [0.2, 0.25) is 0 Å². The fourth-order valence-corrected chi connectivity index (χ4v) is 2.82. The van der Waals surface area contributed by atoms with E-state index in [-0.39, 0.29) is 6.04 Å². The fourth-order valence-electron chi connectivity index (χ4n) is 2.82. The van der Waals surface area contributed by atoms with Crippen molar-refractivity contribution in [1.29, 1.82) is 0 Å². The molecule has 0 spiro atoms. The molecule has 0 bridgehead atoms. The molecule has 1 saturated carbocycles. The van der Waals surface area contributed by atoms with Crippen molar-refractivity contribution in [3.8, 4) is 5.75 Å². The van der Waals surface area contributed by atoms with Gasteiger partial charge in [0.2, 0.25) is 0 Å². The normalized spacial score (nSPS) is 16.2. The molecule has 110 valence electrons. The van der Waals surface area contributed by atoms with Crippen molar-refractivity contribution in [2.45, 2.75) is 31.9 Å². The van der Waals surface area contributed by atoms with E-state index >= 15 is 0 Å². The summed E-state index contributed by atoms with van der Waals surface area (Å²) in [5.41, 5.74) is 5.36. The lowest BCUT2D eigenvalue weighted by molar-refractivity contribution is 0.231. The smallest absolute Gasteiger partial charge is 0.120 e. The first-order chi connectivity index (χ1) is 10.4. The van der Waals surface area contributed by atoms with Crippen LogP contribution >= 0.6 is 0 Å². The molecule has 0 aliphatic heterocycles. The molecule has 1 fully saturated rings. The lowest BCUT2D eigenvalue weighted by Crippen LogP contribution is -2.36. The van der Waals surface area contributed by atoms with Gasteiger partial charge in [-0.2, -0.15) is 0 Å². The molecule has 0 radical (unpaired) electrons. The summed E-state index contributed by atoms with van der Waals surface area (Å²) in [7, 11) is 0. The minimum absolute atomic E-state index is 0.235. The zero-order chi connectivity index (χ0) is 14.5. The standard InChI is InChI=1S/C18H22N2O/c19-20-18(15-8-4-9-15)16-10-5-11-17(12-16)21-13-14-6-2-1-3-7-14/h1-3,5-7,10-12,15,18,20H,4,8-9,13,19H2. The molecule has 0 amide bonds. The molecule has 2 aromatic carbocycles. The summed E-state index contributed by atoms with van der Waals surface area (Å²) in [6.07, 6.45) is 3.82. The van der Waals surface area contributed by atoms with Gasteiger partial charge in [0, 0.05) is 6.04 Å². The van der Waals surface area contributed by atoms with E-state index in [2.05, 4.69) is 29.7 Å². The highest BCUT2D eigenvalue weighted by molar-refractivity contribution is 5.31. The third kappa shape index (κ3) is 3.43. The topological polar surface area (TPSA) is 47.3 Å². The largest absolute Gasteiger partial charge is 0.489 e. The fraction of sp³-hybridized carbons (Fsp3) is 0.333. The van der Waals surface area contributed by atoms with Crippen LogP contribution in [-0.4, -0.2) is 0 Å². The number of rotatable bonds is 6. The molecule has 21 heavy (non-hydrogen) atoms. The molecular weight excluding hydrogens is 260 g/mol. The Morgan fingerprint density at radius 1 is 1.10 bits per heavy atom. The van der Waals surface area contributed by atoms with Gasteiger partial charge in [-0.05, 0) is 42.0 Å². The Balaban J connectivity index is 1.67. The summed E-state index contributed by atoms with van der Waals surface area (Å²) in [4.78, 5) is 0. The molecule has 3 nitrogen and oxygen atoms in total. The first kappa shape index (κ1) is 14.1. The summed E-state index contributed by atoms with van der Waals surface area (Å²) in [6.45, 7) is 0.592. The van der Waals surface area contributed by atoms with Gasteiger partial charge in [-0.15, -0.1) is 0 Å². The lowest BCUT2D eigenvalue weighted by Gasteiger charge is -2.33. The summed E-state index contributed by atoms with van der Waals surface area (Å²) in [5.74, 6) is 7.29. The molecule has 0 aromatic heterocycles. The minimum atomic E-state index is 0.235. The zero-order valence-electron chi connectivity index (χ0n) is 12.2. The summed E-state index contributed by atoms with van der Waals surface area (Å²) >= 11 is 0. The van der Waals surface area contributed by atoms with Gasteiger partial charge >= 0.3 is 0 Å². The second-order valence-corrected chi connectivity index (χ2v) is 5.68. The number of ether oxygens (including phenoxy) is 1. The quantitative estimate of drug-likeness (QED) is 0.629. The van der Waals surface area contributed by atoms with E-state index in [9.17, 15) is 0 Å². The maximum Gasteiger partial charge on any atom is 0.120 e. The highest BCUT2D eigenvalue weighted by Crippen LogP contribution is 2.37. The van der Waals surface area contributed by atoms with Gasteiger partial charge in [-0.25, -0.2) is 0 Å². The van der Waals surface area contributed by atoms with Crippen molar-refractivity contribution in [2.75, 3.05) is 0 Å². The van der Waals surface area contributed by atoms with Crippen molar-refractivity contribution in [2.24, 2.45) is 11.8 Å². The number of hydrazine groups is 1. The van der Waals surface area contributed by atoms with Gasteiger partial charge in [0.15, 0.2) is 0 Å². The number of hydrogen-bond acceptors (Lipinski definition) is 3. The second kappa shape index (κ2) is 6.74. The van der Waals surface area contributed by atoms with E-state index in [1.54, 1.807) is 0 Å². The predicted molar refractivity (Wildman–Crippen MR) is 84.6 cm³/mol. The van der Waals surface area contributed by atoms with E-state index in [0.29, 0.717) is 12.5 Å². The molecule has 0 saturated heterocycles. The Bertz CT molecular complexity index is 566. The van der Waals surface area contributed by atoms with Crippen molar-refractivity contribution < 1.29 is 4.74 Å². The summed E-state index contributed by atoms with van der Waals surface area (Å²) in [5, 5.41) is 0. The molecule has 3 rings (SSSR count). The highest BCUT2D eigenvalue weighted by atomic mass is 16.5. The Morgan fingerprint density at radius 3 is 2.57 bits per heavy atom. The van der Waals surface area contributed by atoms with Crippen LogP contribution in [0.25, 0.3) is 0 Å². The van der Waals surface area contributed by atoms with E-state index in [1.165, 1.54) is 30.4 Å². The van der Waals surface area contributed by atoms with Crippen LogP contribution in [-0.2, 0) is 6.61 Å². The summed E-state index contributed by atoms with van der Waals surface area (Å²) < 4.78 is 5.89. The lowest BCUT2D eigenvalue weighted by atomic mass is 9.77. The van der Waals surface area contributed by atoms with Crippen molar-refractivity contribution in [1.82, 2.24) is 5.43 Å². The number of nitrogens with two attached hydrogens (primary N) is 1. The van der Waals surface area contributed by atoms with E-state index in [4.69, 9.17) is 10.6 Å². The molecule has 0 heterocycles. The van der Waals surface area contributed by atoms with Gasteiger partial charge in [-0.1, -0.05) is 48.9 Å². The molecule has 1 unspecified atom stereocenters. The Kier molecular flexibility index (Phi) is 4.53. The van der Waals surface area contributed by atoms with E-state index in [1.807, 2.05) is 30.3 Å². The zero-order valence-corrected chi connectivity index (χ0v) is 12.2. The maximum atomic E-state index is 5.89. The number of nitrogens with one attached hydrogen (secondary N) is 1. The van der Waals surface area contributed by atoms with Gasteiger partial charge in [-0.3, -0.25) is 11.3 Å². The van der Waals surface area contributed by atoms with Crippen molar-refractivity contribution in [3.05, 3.63) is 65.7 Å². The number of benzene rings is 2. The van der Waals surface area contributed by atoms with Gasteiger partial charge in [0.25, 0.3) is 0 Å². The van der Waals surface area contributed by atoms with Crippen LogP contribution < -0.4 is 16.0 Å². The van der Waals surface area contributed by atoms with Crippen molar-refractivity contribution >= 4 is 0 Å². The Labute approximate surface area is 126 Å². The first-order valence-electron chi connectivity index (χ1n) is 7.59.